The Bertz CT molecular complexity index is 456. The number of rotatable bonds is 4. The predicted octanol–water partition coefficient (Wildman–Crippen LogP) is 1.30. The minimum Gasteiger partial charge on any atom is -0.409 e. The molecular weight excluding hydrogens is 230 g/mol. The van der Waals surface area contributed by atoms with E-state index in [4.69, 9.17) is 10.9 Å². The van der Waals surface area contributed by atoms with Crippen molar-refractivity contribution in [3.63, 3.8) is 0 Å². The molecule has 0 aliphatic rings. The van der Waals surface area contributed by atoms with Gasteiger partial charge in [0, 0.05) is 18.3 Å². The highest BCUT2D eigenvalue weighted by molar-refractivity contribution is 5.98. The number of nitrogens with two attached hydrogens (primary N) is 1. The first kappa shape index (κ1) is 14.3. The van der Waals surface area contributed by atoms with Crippen molar-refractivity contribution < 1.29 is 10.3 Å². The van der Waals surface area contributed by atoms with Gasteiger partial charge < -0.3 is 20.9 Å². The third kappa shape index (κ3) is 2.73. The number of oxime groups is 1. The molecule has 0 amide bonds. The molecule has 5 nitrogen and oxygen atoms in total. The Kier molecular flexibility index (Phi) is 4.19. The number of hydrogen-bond acceptors (Lipinski definition) is 4. The molecule has 4 N–H and O–H groups in total. The molecule has 5 heteroatoms. The lowest BCUT2D eigenvalue weighted by atomic mass is 10.0. The van der Waals surface area contributed by atoms with Crippen LogP contribution in [0.1, 0.15) is 25.0 Å². The molecule has 0 radical (unpaired) electrons. The fourth-order valence-electron chi connectivity index (χ4n) is 1.65. The van der Waals surface area contributed by atoms with Crippen molar-refractivity contribution in [1.82, 2.24) is 0 Å². The van der Waals surface area contributed by atoms with Crippen molar-refractivity contribution in [2.75, 3.05) is 18.6 Å². The Morgan fingerprint density at radius 1 is 1.44 bits per heavy atom. The van der Waals surface area contributed by atoms with Gasteiger partial charge in [0.15, 0.2) is 5.84 Å². The minimum atomic E-state index is -0.343. The summed E-state index contributed by atoms with van der Waals surface area (Å²) in [4.78, 5) is 2.00. The van der Waals surface area contributed by atoms with E-state index in [2.05, 4.69) is 5.16 Å². The number of aliphatic hydroxyl groups is 1. The smallest absolute Gasteiger partial charge is 0.170 e. The van der Waals surface area contributed by atoms with E-state index in [1.54, 1.807) is 0 Å². The Hall–Kier alpha value is -1.75. The van der Waals surface area contributed by atoms with E-state index in [9.17, 15) is 5.11 Å². The van der Waals surface area contributed by atoms with E-state index < -0.39 is 0 Å². The molecule has 0 aliphatic carbocycles. The second kappa shape index (κ2) is 5.27. The summed E-state index contributed by atoms with van der Waals surface area (Å²) in [5, 5.41) is 21.0. The van der Waals surface area contributed by atoms with Crippen LogP contribution >= 0.6 is 0 Å². The Morgan fingerprint density at radius 2 is 2.06 bits per heavy atom. The molecule has 0 aliphatic heterocycles. The number of amidine groups is 1. The average Bonchev–Trinajstić information content (AvgIpc) is 2.36. The maximum atomic E-state index is 9.36. The highest BCUT2D eigenvalue weighted by Gasteiger charge is 2.23. The zero-order valence-electron chi connectivity index (χ0n) is 11.3. The van der Waals surface area contributed by atoms with Crippen LogP contribution in [0, 0.1) is 6.92 Å². The minimum absolute atomic E-state index is 0.0601. The van der Waals surface area contributed by atoms with Gasteiger partial charge in [0.25, 0.3) is 0 Å². The molecule has 1 rings (SSSR count). The molecule has 0 aromatic heterocycles. The summed E-state index contributed by atoms with van der Waals surface area (Å²) in [5.74, 6) is 0.100. The van der Waals surface area contributed by atoms with Gasteiger partial charge in [0.05, 0.1) is 12.1 Å². The lowest BCUT2D eigenvalue weighted by molar-refractivity contribution is 0.216. The first-order valence-electron chi connectivity index (χ1n) is 5.76. The highest BCUT2D eigenvalue weighted by atomic mass is 16.4. The SMILES string of the molecule is Cc1cc(N(C)C(C)(C)CO)ccc1/C(N)=N/O. The molecule has 0 atom stereocenters. The van der Waals surface area contributed by atoms with Crippen LogP contribution in [0.5, 0.6) is 0 Å². The molecule has 1 aromatic rings. The summed E-state index contributed by atoms with van der Waals surface area (Å²) in [6.45, 7) is 5.88. The van der Waals surface area contributed by atoms with Crippen LogP contribution < -0.4 is 10.6 Å². The maximum Gasteiger partial charge on any atom is 0.170 e. The van der Waals surface area contributed by atoms with Crippen LogP contribution in [0.4, 0.5) is 5.69 Å². The van der Waals surface area contributed by atoms with Gasteiger partial charge >= 0.3 is 0 Å². The fourth-order valence-corrected chi connectivity index (χ4v) is 1.65. The second-order valence-electron chi connectivity index (χ2n) is 5.01. The van der Waals surface area contributed by atoms with E-state index in [-0.39, 0.29) is 18.0 Å². The topological polar surface area (TPSA) is 82.1 Å². The van der Waals surface area contributed by atoms with Gasteiger partial charge in [-0.05, 0) is 44.5 Å². The van der Waals surface area contributed by atoms with Gasteiger partial charge in [0.2, 0.25) is 0 Å². The molecule has 0 saturated heterocycles. The van der Waals surface area contributed by atoms with Gasteiger partial charge in [-0.1, -0.05) is 5.16 Å². The molecule has 100 valence electrons. The molecule has 0 unspecified atom stereocenters. The summed E-state index contributed by atoms with van der Waals surface area (Å²) >= 11 is 0. The number of aliphatic hydroxyl groups excluding tert-OH is 1. The van der Waals surface area contributed by atoms with Crippen LogP contribution in [-0.2, 0) is 0 Å². The van der Waals surface area contributed by atoms with Gasteiger partial charge in [-0.2, -0.15) is 0 Å². The van der Waals surface area contributed by atoms with Crippen molar-refractivity contribution in [1.29, 1.82) is 0 Å². The number of anilines is 1. The Labute approximate surface area is 108 Å². The molecule has 18 heavy (non-hydrogen) atoms. The first-order chi connectivity index (χ1) is 8.33. The van der Waals surface area contributed by atoms with Gasteiger partial charge in [-0.15, -0.1) is 0 Å². The van der Waals surface area contributed by atoms with Gasteiger partial charge in [-0.3, -0.25) is 0 Å². The highest BCUT2D eigenvalue weighted by Crippen LogP contribution is 2.24. The normalized spacial score (nSPS) is 12.6. The Morgan fingerprint density at radius 3 is 2.50 bits per heavy atom. The quantitative estimate of drug-likeness (QED) is 0.326. The summed E-state index contributed by atoms with van der Waals surface area (Å²) in [6.07, 6.45) is 0. The monoisotopic (exact) mass is 251 g/mol. The zero-order valence-corrected chi connectivity index (χ0v) is 11.3. The first-order valence-corrected chi connectivity index (χ1v) is 5.76. The van der Waals surface area contributed by atoms with Crippen molar-refractivity contribution in [2.24, 2.45) is 10.9 Å². The summed E-state index contributed by atoms with van der Waals surface area (Å²) in [7, 11) is 1.92. The molecule has 0 heterocycles. The number of likely N-dealkylation sites (N-methyl/N-ethyl adjacent to an activating group) is 1. The van der Waals surface area contributed by atoms with Crippen LogP contribution in [-0.4, -0.2) is 35.3 Å². The van der Waals surface area contributed by atoms with Crippen molar-refractivity contribution in [3.05, 3.63) is 29.3 Å². The number of benzene rings is 1. The molecule has 0 fully saturated rings. The summed E-state index contributed by atoms with van der Waals surface area (Å²) in [6, 6.07) is 5.65. The predicted molar refractivity (Wildman–Crippen MR) is 73.3 cm³/mol. The van der Waals surface area contributed by atoms with Crippen molar-refractivity contribution in [3.8, 4) is 0 Å². The summed E-state index contributed by atoms with van der Waals surface area (Å²) in [5.41, 5.74) is 7.83. The molecule has 0 saturated carbocycles. The van der Waals surface area contributed by atoms with E-state index in [0.717, 1.165) is 11.3 Å². The lowest BCUT2D eigenvalue weighted by Gasteiger charge is -2.36. The zero-order chi connectivity index (χ0) is 13.9. The molecule has 1 aromatic carbocycles. The van der Waals surface area contributed by atoms with E-state index in [1.165, 1.54) is 0 Å². The van der Waals surface area contributed by atoms with Crippen molar-refractivity contribution in [2.45, 2.75) is 26.3 Å². The molecule has 0 bridgehead atoms. The van der Waals surface area contributed by atoms with Crippen LogP contribution in [0.2, 0.25) is 0 Å². The third-order valence-electron chi connectivity index (χ3n) is 3.28. The number of hydrogen-bond donors (Lipinski definition) is 3. The van der Waals surface area contributed by atoms with Crippen LogP contribution in [0.3, 0.4) is 0 Å². The van der Waals surface area contributed by atoms with Gasteiger partial charge in [-0.25, -0.2) is 0 Å². The number of nitrogens with zero attached hydrogens (tertiary/aromatic N) is 2. The van der Waals surface area contributed by atoms with E-state index >= 15 is 0 Å². The second-order valence-corrected chi connectivity index (χ2v) is 5.01. The van der Waals surface area contributed by atoms with Gasteiger partial charge in [0.1, 0.15) is 0 Å². The van der Waals surface area contributed by atoms with Crippen LogP contribution in [0.25, 0.3) is 0 Å². The fraction of sp³-hybridized carbons (Fsp3) is 0.462. The van der Waals surface area contributed by atoms with Crippen LogP contribution in [0.15, 0.2) is 23.4 Å². The molecular formula is C13H21N3O2. The average molecular weight is 251 g/mol. The Balaban J connectivity index is 3.12. The molecule has 0 spiro atoms. The maximum absolute atomic E-state index is 9.36. The van der Waals surface area contributed by atoms with E-state index in [1.807, 2.05) is 50.9 Å². The largest absolute Gasteiger partial charge is 0.409 e. The lowest BCUT2D eigenvalue weighted by Crippen LogP contribution is -2.44. The van der Waals surface area contributed by atoms with E-state index in [0.29, 0.717) is 5.56 Å². The standard InChI is InChI=1S/C13H21N3O2/c1-9-7-10(16(4)13(2,3)8-17)5-6-11(9)12(14)15-18/h5-7,17-18H,8H2,1-4H3,(H2,14,15). The summed E-state index contributed by atoms with van der Waals surface area (Å²) < 4.78 is 0. The number of aryl methyl sites for hydroxylation is 1. The third-order valence-corrected chi connectivity index (χ3v) is 3.28. The van der Waals surface area contributed by atoms with Crippen molar-refractivity contribution >= 4 is 11.5 Å².